The van der Waals surface area contributed by atoms with Gasteiger partial charge in [0.1, 0.15) is 0 Å². The van der Waals surface area contributed by atoms with E-state index in [-0.39, 0.29) is 11.7 Å². The van der Waals surface area contributed by atoms with Crippen molar-refractivity contribution in [3.63, 3.8) is 0 Å². The second-order valence-electron chi connectivity index (χ2n) is 6.35. The van der Waals surface area contributed by atoms with Crippen molar-refractivity contribution in [2.24, 2.45) is 11.8 Å². The van der Waals surface area contributed by atoms with Crippen LogP contribution in [0.3, 0.4) is 0 Å². The molecule has 2 unspecified atom stereocenters. The molecule has 5 nitrogen and oxygen atoms in total. The van der Waals surface area contributed by atoms with Gasteiger partial charge >= 0.3 is 0 Å². The average molecular weight is 301 g/mol. The molecule has 1 amide bonds. The van der Waals surface area contributed by atoms with E-state index in [0.29, 0.717) is 23.7 Å². The van der Waals surface area contributed by atoms with Crippen molar-refractivity contribution in [1.82, 2.24) is 10.2 Å². The summed E-state index contributed by atoms with van der Waals surface area (Å²) in [5.74, 6) is 1.37. The predicted octanol–water partition coefficient (Wildman–Crippen LogP) is 1.37. The van der Waals surface area contributed by atoms with Crippen molar-refractivity contribution in [3.05, 3.63) is 29.8 Å². The van der Waals surface area contributed by atoms with E-state index in [9.17, 15) is 9.59 Å². The minimum Gasteiger partial charge on any atom is -0.324 e. The Labute approximate surface area is 131 Å². The van der Waals surface area contributed by atoms with Crippen molar-refractivity contribution in [2.75, 3.05) is 38.0 Å². The molecule has 2 saturated heterocycles. The fourth-order valence-corrected chi connectivity index (χ4v) is 3.55. The van der Waals surface area contributed by atoms with E-state index in [1.807, 2.05) is 12.1 Å². The van der Waals surface area contributed by atoms with E-state index in [4.69, 9.17) is 0 Å². The van der Waals surface area contributed by atoms with Crippen LogP contribution < -0.4 is 10.6 Å². The molecule has 0 radical (unpaired) electrons. The summed E-state index contributed by atoms with van der Waals surface area (Å²) >= 11 is 0. The number of anilines is 1. The van der Waals surface area contributed by atoms with Crippen LogP contribution in [-0.4, -0.2) is 49.3 Å². The first-order valence-corrected chi connectivity index (χ1v) is 7.96. The molecule has 2 aliphatic heterocycles. The minimum absolute atomic E-state index is 0.0336. The zero-order valence-corrected chi connectivity index (χ0v) is 13.0. The Balaban J connectivity index is 1.58. The van der Waals surface area contributed by atoms with Crippen LogP contribution in [0.15, 0.2) is 24.3 Å². The highest BCUT2D eigenvalue weighted by Crippen LogP contribution is 2.26. The van der Waals surface area contributed by atoms with Crippen LogP contribution in [0.1, 0.15) is 23.7 Å². The summed E-state index contributed by atoms with van der Waals surface area (Å²) in [5.41, 5.74) is 1.17. The molecule has 1 aromatic rings. The second-order valence-corrected chi connectivity index (χ2v) is 6.35. The number of amides is 1. The van der Waals surface area contributed by atoms with Crippen molar-refractivity contribution >= 4 is 17.4 Å². The summed E-state index contributed by atoms with van der Waals surface area (Å²) in [7, 11) is 0. The molecule has 2 N–H and O–H groups in total. The van der Waals surface area contributed by atoms with Gasteiger partial charge in [-0.05, 0) is 56.9 Å². The molecule has 118 valence electrons. The quantitative estimate of drug-likeness (QED) is 0.825. The highest BCUT2D eigenvalue weighted by molar-refractivity contribution is 6.04. The molecule has 0 spiro atoms. The number of para-hydroxylation sites is 1. The Hall–Kier alpha value is -1.72. The van der Waals surface area contributed by atoms with Gasteiger partial charge in [0.2, 0.25) is 5.91 Å². The van der Waals surface area contributed by atoms with Crippen molar-refractivity contribution in [2.45, 2.75) is 13.3 Å². The van der Waals surface area contributed by atoms with Gasteiger partial charge in [-0.3, -0.25) is 14.5 Å². The van der Waals surface area contributed by atoms with E-state index < -0.39 is 0 Å². The van der Waals surface area contributed by atoms with Crippen molar-refractivity contribution in [3.8, 4) is 0 Å². The van der Waals surface area contributed by atoms with Crippen LogP contribution in [0.2, 0.25) is 0 Å². The van der Waals surface area contributed by atoms with Crippen LogP contribution in [0.25, 0.3) is 0 Å². The highest BCUT2D eigenvalue weighted by atomic mass is 16.2. The van der Waals surface area contributed by atoms with Crippen LogP contribution in [-0.2, 0) is 4.79 Å². The van der Waals surface area contributed by atoms with E-state index in [1.54, 1.807) is 12.1 Å². The molecule has 0 aliphatic carbocycles. The molecule has 2 heterocycles. The van der Waals surface area contributed by atoms with Gasteiger partial charge in [0.05, 0.1) is 12.2 Å². The molecule has 0 saturated carbocycles. The molecule has 22 heavy (non-hydrogen) atoms. The lowest BCUT2D eigenvalue weighted by Gasteiger charge is -2.33. The van der Waals surface area contributed by atoms with E-state index >= 15 is 0 Å². The number of piperidine rings is 1. The molecule has 0 bridgehead atoms. The predicted molar refractivity (Wildman–Crippen MR) is 86.0 cm³/mol. The second kappa shape index (κ2) is 6.58. The van der Waals surface area contributed by atoms with Gasteiger partial charge in [0.25, 0.3) is 0 Å². The molecule has 2 fully saturated rings. The maximum Gasteiger partial charge on any atom is 0.238 e. The summed E-state index contributed by atoms with van der Waals surface area (Å²) in [6, 6.07) is 7.16. The molecule has 0 aromatic heterocycles. The third kappa shape index (κ3) is 3.36. The van der Waals surface area contributed by atoms with E-state index in [2.05, 4.69) is 15.5 Å². The number of rotatable bonds is 4. The summed E-state index contributed by atoms with van der Waals surface area (Å²) < 4.78 is 0. The first-order valence-electron chi connectivity index (χ1n) is 7.96. The summed E-state index contributed by atoms with van der Waals surface area (Å²) in [5, 5.41) is 6.31. The normalized spacial score (nSPS) is 24.8. The molecular weight excluding hydrogens is 278 g/mol. The zero-order valence-electron chi connectivity index (χ0n) is 13.0. The topological polar surface area (TPSA) is 61.4 Å². The Morgan fingerprint density at radius 2 is 2.05 bits per heavy atom. The number of hydrogen-bond acceptors (Lipinski definition) is 4. The number of nitrogens with zero attached hydrogens (tertiary/aromatic N) is 1. The molecular formula is C17H23N3O2. The van der Waals surface area contributed by atoms with E-state index in [0.717, 1.165) is 38.5 Å². The lowest BCUT2D eigenvalue weighted by Crippen LogP contribution is -2.43. The third-order valence-corrected chi connectivity index (χ3v) is 4.74. The van der Waals surface area contributed by atoms with Crippen LogP contribution in [0.5, 0.6) is 0 Å². The van der Waals surface area contributed by atoms with Gasteiger partial charge in [-0.1, -0.05) is 12.1 Å². The zero-order chi connectivity index (χ0) is 15.5. The maximum atomic E-state index is 12.3. The first-order chi connectivity index (χ1) is 10.6. The highest BCUT2D eigenvalue weighted by Gasteiger charge is 2.33. The number of carbonyl (C=O) groups is 2. The lowest BCUT2D eigenvalue weighted by atomic mass is 9.89. The summed E-state index contributed by atoms with van der Waals surface area (Å²) in [4.78, 5) is 26.1. The van der Waals surface area contributed by atoms with Crippen LogP contribution in [0.4, 0.5) is 5.69 Å². The molecule has 2 atom stereocenters. The average Bonchev–Trinajstić information content (AvgIpc) is 2.95. The number of likely N-dealkylation sites (tertiary alicyclic amines) is 1. The van der Waals surface area contributed by atoms with Crippen LogP contribution >= 0.6 is 0 Å². The summed E-state index contributed by atoms with van der Waals surface area (Å²) in [6.45, 7) is 6.06. The Morgan fingerprint density at radius 1 is 1.27 bits per heavy atom. The number of benzene rings is 1. The Morgan fingerprint density at radius 3 is 2.86 bits per heavy atom. The SMILES string of the molecule is CC(=O)c1ccccc1NC(=O)CN1CCC2CNCC2C1. The number of carbonyl (C=O) groups excluding carboxylic acids is 2. The van der Waals surface area contributed by atoms with Gasteiger partial charge < -0.3 is 10.6 Å². The molecule has 2 aliphatic rings. The Kier molecular flexibility index (Phi) is 4.55. The van der Waals surface area contributed by atoms with Crippen molar-refractivity contribution < 1.29 is 9.59 Å². The number of hydrogen-bond donors (Lipinski definition) is 2. The standard InChI is InChI=1S/C17H23N3O2/c1-12(21)15-4-2-3-5-16(15)19-17(22)11-20-7-6-13-8-18-9-14(13)10-20/h2-5,13-14,18H,6-11H2,1H3,(H,19,22). The van der Waals surface area contributed by atoms with Crippen LogP contribution in [0, 0.1) is 11.8 Å². The van der Waals surface area contributed by atoms with E-state index in [1.165, 1.54) is 6.92 Å². The maximum absolute atomic E-state index is 12.3. The van der Waals surface area contributed by atoms with Gasteiger partial charge in [0, 0.05) is 12.1 Å². The van der Waals surface area contributed by atoms with Crippen molar-refractivity contribution in [1.29, 1.82) is 0 Å². The molecule has 1 aromatic carbocycles. The first kappa shape index (κ1) is 15.2. The number of fused-ring (bicyclic) bond motifs is 1. The molecule has 3 rings (SSSR count). The largest absolute Gasteiger partial charge is 0.324 e. The van der Waals surface area contributed by atoms with Gasteiger partial charge in [-0.2, -0.15) is 0 Å². The minimum atomic E-state index is -0.0434. The summed E-state index contributed by atoms with van der Waals surface area (Å²) in [6.07, 6.45) is 1.16. The number of nitrogens with one attached hydrogen (secondary N) is 2. The lowest BCUT2D eigenvalue weighted by molar-refractivity contribution is -0.117. The molecule has 5 heteroatoms. The number of Topliss-reactive ketones (excluding diaryl/α,β-unsaturated/α-hetero) is 1. The fraction of sp³-hybridized carbons (Fsp3) is 0.529. The van der Waals surface area contributed by atoms with Gasteiger partial charge in [0.15, 0.2) is 5.78 Å². The monoisotopic (exact) mass is 301 g/mol. The fourth-order valence-electron chi connectivity index (χ4n) is 3.55. The Bertz CT molecular complexity index is 573. The number of ketones is 1. The van der Waals surface area contributed by atoms with Gasteiger partial charge in [-0.15, -0.1) is 0 Å². The smallest absolute Gasteiger partial charge is 0.238 e. The third-order valence-electron chi connectivity index (χ3n) is 4.74. The van der Waals surface area contributed by atoms with Gasteiger partial charge in [-0.25, -0.2) is 0 Å².